The third kappa shape index (κ3) is 7.70. The quantitative estimate of drug-likeness (QED) is 0.200. The van der Waals surface area contributed by atoms with Crippen molar-refractivity contribution < 1.29 is 23.4 Å². The third-order valence-corrected chi connectivity index (χ3v) is 8.75. The number of hydrogen-bond acceptors (Lipinski definition) is 7. The molecule has 262 valence electrons. The summed E-state index contributed by atoms with van der Waals surface area (Å²) in [5.74, 6) is -0.123. The molecule has 2 aromatic carbocycles. The van der Waals surface area contributed by atoms with Crippen LogP contribution in [0.25, 0.3) is 27.9 Å². The van der Waals surface area contributed by atoms with Crippen LogP contribution in [0.4, 0.5) is 14.9 Å². The van der Waals surface area contributed by atoms with Crippen LogP contribution in [-0.4, -0.2) is 76.8 Å². The zero-order valence-electron chi connectivity index (χ0n) is 29.0. The summed E-state index contributed by atoms with van der Waals surface area (Å²) in [6, 6.07) is 9.40. The molecule has 0 saturated carbocycles. The number of halogens is 2. The van der Waals surface area contributed by atoms with Crippen molar-refractivity contribution >= 4 is 23.4 Å². The maximum Gasteiger partial charge on any atom is 0.410 e. The first-order chi connectivity index (χ1) is 23.2. The molecular formula is C36H43ClFN5O6. The molecule has 2 aromatic heterocycles. The number of methoxy groups -OCH3 is 2. The lowest BCUT2D eigenvalue weighted by Gasteiger charge is -2.41. The molecule has 1 fully saturated rings. The maximum atomic E-state index is 15.5. The second-order valence-corrected chi connectivity index (χ2v) is 13.6. The Morgan fingerprint density at radius 2 is 1.71 bits per heavy atom. The van der Waals surface area contributed by atoms with Crippen molar-refractivity contribution in [1.82, 2.24) is 18.6 Å². The van der Waals surface area contributed by atoms with E-state index in [-0.39, 0.29) is 17.3 Å². The Morgan fingerprint density at radius 3 is 2.31 bits per heavy atom. The number of pyridine rings is 1. The highest BCUT2D eigenvalue weighted by atomic mass is 35.5. The van der Waals surface area contributed by atoms with Crippen molar-refractivity contribution in [2.24, 2.45) is 7.05 Å². The molecule has 1 amide bonds. The smallest absolute Gasteiger partial charge is 0.410 e. The summed E-state index contributed by atoms with van der Waals surface area (Å²) in [5.41, 5.74) is 1.88. The van der Waals surface area contributed by atoms with Crippen LogP contribution in [0.5, 0.6) is 5.75 Å². The van der Waals surface area contributed by atoms with E-state index in [0.717, 1.165) is 0 Å². The molecule has 1 saturated heterocycles. The van der Waals surface area contributed by atoms with Crippen molar-refractivity contribution in [2.75, 3.05) is 45.4 Å². The molecule has 1 atom stereocenters. The number of imidazole rings is 1. The van der Waals surface area contributed by atoms with E-state index in [1.54, 1.807) is 66.5 Å². The highest BCUT2D eigenvalue weighted by molar-refractivity contribution is 6.32. The van der Waals surface area contributed by atoms with Crippen LogP contribution in [0.2, 0.25) is 5.02 Å². The van der Waals surface area contributed by atoms with Gasteiger partial charge in [-0.3, -0.25) is 9.36 Å². The van der Waals surface area contributed by atoms with E-state index in [1.165, 1.54) is 28.4 Å². The van der Waals surface area contributed by atoms with E-state index in [4.69, 9.17) is 25.8 Å². The van der Waals surface area contributed by atoms with E-state index >= 15 is 4.39 Å². The second kappa shape index (κ2) is 14.5. The number of piperazine rings is 1. The number of hydrogen-bond donors (Lipinski definition) is 0. The fourth-order valence-electron chi connectivity index (χ4n) is 6.07. The highest BCUT2D eigenvalue weighted by Crippen LogP contribution is 2.41. The van der Waals surface area contributed by atoms with Gasteiger partial charge in [-0.25, -0.2) is 14.0 Å². The molecule has 0 unspecified atom stereocenters. The van der Waals surface area contributed by atoms with E-state index in [9.17, 15) is 14.4 Å². The van der Waals surface area contributed by atoms with Crippen LogP contribution in [0.3, 0.4) is 0 Å². The molecule has 0 spiro atoms. The average Bonchev–Trinajstić information content (AvgIpc) is 3.37. The Morgan fingerprint density at radius 1 is 1.00 bits per heavy atom. The normalized spacial score (nSPS) is 15.1. The first-order valence-electron chi connectivity index (χ1n) is 16.1. The van der Waals surface area contributed by atoms with Gasteiger partial charge in [-0.1, -0.05) is 17.7 Å². The fraction of sp³-hybridized carbons (Fsp3) is 0.417. The van der Waals surface area contributed by atoms with Gasteiger partial charge in [-0.05, 0) is 70.0 Å². The number of carbonyl (C=O) groups is 1. The summed E-state index contributed by atoms with van der Waals surface area (Å²) in [6.45, 7) is 9.40. The van der Waals surface area contributed by atoms with E-state index in [0.29, 0.717) is 83.6 Å². The number of ether oxygens (including phenoxy) is 3. The van der Waals surface area contributed by atoms with Gasteiger partial charge in [0.05, 0.1) is 17.8 Å². The lowest BCUT2D eigenvalue weighted by Crippen LogP contribution is -2.56. The third-order valence-electron chi connectivity index (χ3n) is 8.44. The first kappa shape index (κ1) is 35.7. The van der Waals surface area contributed by atoms with E-state index in [1.807, 2.05) is 32.6 Å². The van der Waals surface area contributed by atoms with Crippen LogP contribution in [0, 0.1) is 5.82 Å². The first-order valence-corrected chi connectivity index (χ1v) is 16.5. The topological polar surface area (TPSA) is 100 Å². The molecule has 13 heteroatoms. The molecule has 4 aromatic rings. The lowest BCUT2D eigenvalue weighted by molar-refractivity contribution is 0.0159. The summed E-state index contributed by atoms with van der Waals surface area (Å²) < 4.78 is 36.8. The summed E-state index contributed by atoms with van der Waals surface area (Å²) in [6.07, 6.45) is 5.16. The van der Waals surface area contributed by atoms with Crippen LogP contribution < -0.4 is 20.9 Å². The average molecular weight is 696 g/mol. The molecule has 0 bridgehead atoms. The monoisotopic (exact) mass is 695 g/mol. The predicted molar refractivity (Wildman–Crippen MR) is 189 cm³/mol. The minimum Gasteiger partial charge on any atom is -0.495 e. The van der Waals surface area contributed by atoms with Gasteiger partial charge in [0.15, 0.2) is 0 Å². The summed E-state index contributed by atoms with van der Waals surface area (Å²) >= 11 is 6.68. The van der Waals surface area contributed by atoms with Gasteiger partial charge in [0, 0.05) is 88.3 Å². The number of aromatic nitrogens is 3. The number of aryl methyl sites for hydroxylation is 2. The Balaban J connectivity index is 1.57. The summed E-state index contributed by atoms with van der Waals surface area (Å²) in [5, 5.41) is 0.298. The fourth-order valence-corrected chi connectivity index (χ4v) is 6.34. The van der Waals surface area contributed by atoms with Crippen molar-refractivity contribution in [2.45, 2.75) is 52.3 Å². The maximum absolute atomic E-state index is 15.5. The van der Waals surface area contributed by atoms with Crippen molar-refractivity contribution in [3.8, 4) is 33.7 Å². The lowest BCUT2D eigenvalue weighted by atomic mass is 9.97. The van der Waals surface area contributed by atoms with Crippen LogP contribution >= 0.6 is 11.6 Å². The number of nitrogens with zero attached hydrogens (tertiary/aromatic N) is 5. The molecular weight excluding hydrogens is 653 g/mol. The Kier molecular flexibility index (Phi) is 10.6. The number of carbonyl (C=O) groups excluding carboxylic acids is 1. The number of amides is 1. The van der Waals surface area contributed by atoms with Gasteiger partial charge in [0.1, 0.15) is 22.9 Å². The Hall–Kier alpha value is -4.55. The molecule has 0 N–H and O–H groups in total. The molecule has 3 heterocycles. The number of benzene rings is 2. The van der Waals surface area contributed by atoms with Gasteiger partial charge in [-0.2, -0.15) is 0 Å². The zero-order chi connectivity index (χ0) is 35.6. The number of anilines is 1. The summed E-state index contributed by atoms with van der Waals surface area (Å²) in [4.78, 5) is 43.0. The van der Waals surface area contributed by atoms with Gasteiger partial charge in [-0.15, -0.1) is 0 Å². The van der Waals surface area contributed by atoms with Crippen molar-refractivity contribution in [3.05, 3.63) is 86.7 Å². The molecule has 0 radical (unpaired) electrons. The SMILES string of the molecule is COCCCn1cc(-c2cc(F)cc(-c3ccc(-n4ccn(C)c4=O)c(Cl)c3)c2OC)cc(N2CCN(C(=O)OC(C)(C)C)[C@H](C)C2)c1=O. The van der Waals surface area contributed by atoms with Gasteiger partial charge < -0.3 is 33.1 Å². The van der Waals surface area contributed by atoms with E-state index in [2.05, 4.69) is 0 Å². The highest BCUT2D eigenvalue weighted by Gasteiger charge is 2.32. The summed E-state index contributed by atoms with van der Waals surface area (Å²) in [7, 11) is 4.76. The predicted octanol–water partition coefficient (Wildman–Crippen LogP) is 5.95. The van der Waals surface area contributed by atoms with Crippen LogP contribution in [0.1, 0.15) is 34.1 Å². The molecule has 11 nitrogen and oxygen atoms in total. The van der Waals surface area contributed by atoms with Gasteiger partial charge in [0.2, 0.25) is 0 Å². The Labute approximate surface area is 290 Å². The molecule has 1 aliphatic heterocycles. The minimum absolute atomic E-state index is 0.202. The number of rotatable bonds is 9. The minimum atomic E-state index is -0.629. The van der Waals surface area contributed by atoms with Gasteiger partial charge >= 0.3 is 11.8 Å². The standard InChI is InChI=1S/C36H43ClFN5O6/c1-23-21-40(13-15-42(23)35(46)49-36(2,3)4)31-18-25(22-41(33(31)44)11-8-16-47-6)28-20-26(38)19-27(32(28)48-7)24-9-10-30(29(37)17-24)43-14-12-39(5)34(43)45/h9-10,12,14,17-20,22-23H,8,11,13,15-16,21H2,1-7H3/t23-/m1/s1. The zero-order valence-corrected chi connectivity index (χ0v) is 29.7. The molecule has 0 aliphatic carbocycles. The second-order valence-electron chi connectivity index (χ2n) is 13.2. The van der Waals surface area contributed by atoms with Crippen molar-refractivity contribution in [3.63, 3.8) is 0 Å². The van der Waals surface area contributed by atoms with Crippen molar-refractivity contribution in [1.29, 1.82) is 0 Å². The van der Waals surface area contributed by atoms with Crippen LogP contribution in [-0.2, 0) is 23.1 Å². The van der Waals surface area contributed by atoms with Crippen LogP contribution in [0.15, 0.2) is 64.6 Å². The Bertz CT molecular complexity index is 1960. The van der Waals surface area contributed by atoms with E-state index < -0.39 is 17.5 Å². The van der Waals surface area contributed by atoms with Gasteiger partial charge in [0.25, 0.3) is 5.56 Å². The largest absolute Gasteiger partial charge is 0.495 e. The molecule has 1 aliphatic rings. The molecule has 49 heavy (non-hydrogen) atoms. The molecule has 5 rings (SSSR count).